The van der Waals surface area contributed by atoms with Gasteiger partial charge in [-0.3, -0.25) is 9.78 Å². The van der Waals surface area contributed by atoms with Crippen LogP contribution in [0.3, 0.4) is 0 Å². The van der Waals surface area contributed by atoms with Crippen molar-refractivity contribution in [3.63, 3.8) is 0 Å². The first-order chi connectivity index (χ1) is 13.7. The molecule has 0 saturated carbocycles. The second kappa shape index (κ2) is 9.85. The smallest absolute Gasteiger partial charge is 0.321 e. The van der Waals surface area contributed by atoms with Crippen LogP contribution in [0.4, 0.5) is 10.5 Å². The third kappa shape index (κ3) is 5.53. The van der Waals surface area contributed by atoms with Crippen molar-refractivity contribution in [1.29, 1.82) is 0 Å². The maximum Gasteiger partial charge on any atom is 0.321 e. The Morgan fingerprint density at radius 2 is 2.14 bits per heavy atom. The van der Waals surface area contributed by atoms with E-state index in [1.54, 1.807) is 35.4 Å². The summed E-state index contributed by atoms with van der Waals surface area (Å²) in [6, 6.07) is 12.5. The zero-order valence-electron chi connectivity index (χ0n) is 16.1. The highest BCUT2D eigenvalue weighted by Crippen LogP contribution is 2.17. The Bertz CT molecular complexity index is 797. The molecule has 3 rings (SSSR count). The summed E-state index contributed by atoms with van der Waals surface area (Å²) in [6.45, 7) is 4.09. The van der Waals surface area contributed by atoms with Gasteiger partial charge in [0.15, 0.2) is 0 Å². The van der Waals surface area contributed by atoms with Crippen LogP contribution < -0.4 is 10.6 Å². The number of hydrogen-bond donors (Lipinski definition) is 2. The first-order valence-corrected chi connectivity index (χ1v) is 9.61. The Morgan fingerprint density at radius 3 is 2.93 bits per heavy atom. The molecular weight excluding hydrogens is 356 g/mol. The van der Waals surface area contributed by atoms with Crippen molar-refractivity contribution in [1.82, 2.24) is 15.2 Å². The average Bonchev–Trinajstić information content (AvgIpc) is 2.73. The van der Waals surface area contributed by atoms with Gasteiger partial charge in [0, 0.05) is 37.1 Å². The molecule has 1 aliphatic rings. The van der Waals surface area contributed by atoms with Gasteiger partial charge in [0.25, 0.3) is 5.91 Å². The normalized spacial score (nSPS) is 16.5. The number of benzene rings is 1. The number of carbonyl (C=O) groups excluding carboxylic acids is 2. The van der Waals surface area contributed by atoms with Gasteiger partial charge >= 0.3 is 6.03 Å². The number of amides is 3. The lowest BCUT2D eigenvalue weighted by molar-refractivity contribution is -0.000325. The zero-order valence-corrected chi connectivity index (χ0v) is 16.1. The van der Waals surface area contributed by atoms with Gasteiger partial charge in [-0.1, -0.05) is 12.1 Å². The summed E-state index contributed by atoms with van der Waals surface area (Å²) in [5, 5.41) is 5.64. The molecule has 0 radical (unpaired) electrons. The number of ether oxygens (including phenoxy) is 1. The van der Waals surface area contributed by atoms with Gasteiger partial charge in [0.2, 0.25) is 0 Å². The lowest BCUT2D eigenvalue weighted by atomic mass is 10.1. The quantitative estimate of drug-likeness (QED) is 0.804. The van der Waals surface area contributed by atoms with Crippen LogP contribution in [0.5, 0.6) is 0 Å². The molecule has 1 fully saturated rings. The second-order valence-corrected chi connectivity index (χ2v) is 6.71. The van der Waals surface area contributed by atoms with E-state index in [0.717, 1.165) is 18.5 Å². The monoisotopic (exact) mass is 382 g/mol. The largest absolute Gasteiger partial charge is 0.370 e. The number of rotatable bonds is 6. The van der Waals surface area contributed by atoms with Crippen LogP contribution in [0.25, 0.3) is 0 Å². The van der Waals surface area contributed by atoms with Crippen LogP contribution in [0.15, 0.2) is 48.7 Å². The van der Waals surface area contributed by atoms with E-state index in [1.165, 1.54) is 0 Å². The van der Waals surface area contributed by atoms with Crippen LogP contribution in [0.2, 0.25) is 0 Å². The maximum absolute atomic E-state index is 12.6. The summed E-state index contributed by atoms with van der Waals surface area (Å²) >= 11 is 0. The van der Waals surface area contributed by atoms with Crippen LogP contribution in [-0.2, 0) is 11.3 Å². The SMILES string of the molecule is CCNC(=O)c1cccc(NC(=O)N2CCC[C@@H](OCc3ccccn3)C2)c1. The zero-order chi connectivity index (χ0) is 19.8. The van der Waals surface area contributed by atoms with Gasteiger partial charge in [-0.05, 0) is 50.1 Å². The van der Waals surface area contributed by atoms with Crippen LogP contribution in [0.1, 0.15) is 35.8 Å². The van der Waals surface area contributed by atoms with E-state index < -0.39 is 0 Å². The molecule has 28 heavy (non-hydrogen) atoms. The number of carbonyl (C=O) groups is 2. The first kappa shape index (κ1) is 19.8. The van der Waals surface area contributed by atoms with Crippen molar-refractivity contribution >= 4 is 17.6 Å². The lowest BCUT2D eigenvalue weighted by Crippen LogP contribution is -2.45. The molecule has 7 heteroatoms. The number of hydrogen-bond acceptors (Lipinski definition) is 4. The number of nitrogens with one attached hydrogen (secondary N) is 2. The summed E-state index contributed by atoms with van der Waals surface area (Å²) in [5.41, 5.74) is 2.01. The number of nitrogens with zero attached hydrogens (tertiary/aromatic N) is 2. The summed E-state index contributed by atoms with van der Waals surface area (Å²) in [6.07, 6.45) is 3.54. The van der Waals surface area contributed by atoms with E-state index in [0.29, 0.717) is 37.5 Å². The molecule has 0 aliphatic carbocycles. The van der Waals surface area contributed by atoms with Gasteiger partial charge in [0.1, 0.15) is 0 Å². The van der Waals surface area contributed by atoms with Crippen molar-refractivity contribution in [2.45, 2.75) is 32.5 Å². The standard InChI is InChI=1S/C21H26N4O3/c1-2-22-20(26)16-7-5-9-17(13-16)24-21(27)25-12-6-10-19(14-25)28-15-18-8-3-4-11-23-18/h3-5,7-9,11,13,19H,2,6,10,12,14-15H2,1H3,(H,22,26)(H,24,27)/t19-/m1/s1. The Balaban J connectivity index is 1.54. The molecule has 1 aromatic heterocycles. The van der Waals surface area contributed by atoms with E-state index in [-0.39, 0.29) is 18.0 Å². The van der Waals surface area contributed by atoms with Gasteiger partial charge in [-0.15, -0.1) is 0 Å². The maximum atomic E-state index is 12.6. The van der Waals surface area contributed by atoms with Crippen LogP contribution >= 0.6 is 0 Å². The average molecular weight is 382 g/mol. The number of piperidine rings is 1. The molecular formula is C21H26N4O3. The van der Waals surface area contributed by atoms with Crippen molar-refractivity contribution < 1.29 is 14.3 Å². The van der Waals surface area contributed by atoms with Crippen molar-refractivity contribution in [2.24, 2.45) is 0 Å². The topological polar surface area (TPSA) is 83.6 Å². The fourth-order valence-electron chi connectivity index (χ4n) is 3.15. The van der Waals surface area contributed by atoms with Crippen LogP contribution in [-0.4, -0.2) is 47.6 Å². The van der Waals surface area contributed by atoms with Gasteiger partial charge < -0.3 is 20.3 Å². The third-order valence-corrected chi connectivity index (χ3v) is 4.57. The lowest BCUT2D eigenvalue weighted by Gasteiger charge is -2.32. The molecule has 2 N–H and O–H groups in total. The summed E-state index contributed by atoms with van der Waals surface area (Å²) in [5.74, 6) is -0.153. The van der Waals surface area contributed by atoms with E-state index >= 15 is 0 Å². The molecule has 3 amide bonds. The van der Waals surface area contributed by atoms with Crippen molar-refractivity contribution in [3.05, 3.63) is 59.9 Å². The Kier molecular flexibility index (Phi) is 6.97. The number of aromatic nitrogens is 1. The molecule has 0 bridgehead atoms. The highest BCUT2D eigenvalue weighted by Gasteiger charge is 2.24. The molecule has 1 aromatic carbocycles. The Hall–Kier alpha value is -2.93. The van der Waals surface area contributed by atoms with E-state index in [2.05, 4.69) is 15.6 Å². The number of likely N-dealkylation sites (tertiary alicyclic amines) is 1. The molecule has 1 aliphatic heterocycles. The van der Waals surface area contributed by atoms with E-state index in [4.69, 9.17) is 4.74 Å². The molecule has 2 heterocycles. The van der Waals surface area contributed by atoms with E-state index in [1.807, 2.05) is 25.1 Å². The number of urea groups is 1. The highest BCUT2D eigenvalue weighted by molar-refractivity contribution is 5.96. The van der Waals surface area contributed by atoms with E-state index in [9.17, 15) is 9.59 Å². The third-order valence-electron chi connectivity index (χ3n) is 4.57. The van der Waals surface area contributed by atoms with Gasteiger partial charge in [-0.25, -0.2) is 4.79 Å². The minimum Gasteiger partial charge on any atom is -0.370 e. The molecule has 0 spiro atoms. The molecule has 2 aromatic rings. The highest BCUT2D eigenvalue weighted by atomic mass is 16.5. The molecule has 148 valence electrons. The minimum absolute atomic E-state index is 0.0110. The predicted molar refractivity (Wildman–Crippen MR) is 107 cm³/mol. The first-order valence-electron chi connectivity index (χ1n) is 9.61. The van der Waals surface area contributed by atoms with Crippen molar-refractivity contribution in [2.75, 3.05) is 25.0 Å². The fourth-order valence-corrected chi connectivity index (χ4v) is 3.15. The van der Waals surface area contributed by atoms with Crippen LogP contribution in [0, 0.1) is 0 Å². The Labute approximate surface area is 165 Å². The van der Waals surface area contributed by atoms with Crippen molar-refractivity contribution in [3.8, 4) is 0 Å². The Morgan fingerprint density at radius 1 is 1.25 bits per heavy atom. The minimum atomic E-state index is -0.181. The summed E-state index contributed by atoms with van der Waals surface area (Å²) in [7, 11) is 0. The molecule has 7 nitrogen and oxygen atoms in total. The second-order valence-electron chi connectivity index (χ2n) is 6.71. The van der Waals surface area contributed by atoms with Gasteiger partial charge in [0.05, 0.1) is 18.4 Å². The molecule has 0 unspecified atom stereocenters. The summed E-state index contributed by atoms with van der Waals surface area (Å²) < 4.78 is 5.94. The molecule has 1 saturated heterocycles. The van der Waals surface area contributed by atoms with Gasteiger partial charge in [-0.2, -0.15) is 0 Å². The predicted octanol–water partition coefficient (Wildman–Crippen LogP) is 3.04. The molecule has 1 atom stereocenters. The summed E-state index contributed by atoms with van der Waals surface area (Å²) in [4.78, 5) is 30.6. The number of anilines is 1. The fraction of sp³-hybridized carbons (Fsp3) is 0.381. The number of pyridine rings is 1.